The van der Waals surface area contributed by atoms with Crippen LogP contribution >= 0.6 is 0 Å². The summed E-state index contributed by atoms with van der Waals surface area (Å²) in [4.78, 5) is 41.5. The first-order valence-electron chi connectivity index (χ1n) is 7.67. The minimum atomic E-state index is -0.790. The molecule has 0 radical (unpaired) electrons. The molecule has 0 saturated carbocycles. The molecule has 0 aliphatic carbocycles. The van der Waals surface area contributed by atoms with Gasteiger partial charge in [0.1, 0.15) is 17.8 Å². The Morgan fingerprint density at radius 2 is 2.00 bits per heavy atom. The highest BCUT2D eigenvalue weighted by atomic mass is 16.6. The number of carbonyl (C=O) groups is 2. The van der Waals surface area contributed by atoms with Gasteiger partial charge in [-0.25, -0.2) is 9.97 Å². The van der Waals surface area contributed by atoms with Gasteiger partial charge in [-0.15, -0.1) is 0 Å². The predicted molar refractivity (Wildman–Crippen MR) is 96.7 cm³/mol. The molecule has 148 valence electrons. The van der Waals surface area contributed by atoms with E-state index in [-0.39, 0.29) is 22.9 Å². The number of nitrogen functional groups attached to an aromatic ring is 1. The van der Waals surface area contributed by atoms with E-state index in [2.05, 4.69) is 26.1 Å². The van der Waals surface area contributed by atoms with Crippen LogP contribution in [0.2, 0.25) is 0 Å². The van der Waals surface area contributed by atoms with Crippen molar-refractivity contribution in [3.63, 3.8) is 0 Å². The lowest BCUT2D eigenvalue weighted by Gasteiger charge is -2.11. The summed E-state index contributed by atoms with van der Waals surface area (Å²) in [6.07, 6.45) is 0.995. The van der Waals surface area contributed by atoms with Crippen LogP contribution in [0.5, 0.6) is 11.5 Å². The van der Waals surface area contributed by atoms with Crippen LogP contribution in [0.15, 0.2) is 24.5 Å². The number of hydrazine groups is 1. The van der Waals surface area contributed by atoms with E-state index < -0.39 is 29.0 Å². The van der Waals surface area contributed by atoms with Crippen molar-refractivity contribution in [1.29, 1.82) is 0 Å². The number of anilines is 2. The van der Waals surface area contributed by atoms with Gasteiger partial charge in [-0.2, -0.15) is 0 Å². The van der Waals surface area contributed by atoms with Crippen molar-refractivity contribution in [1.82, 2.24) is 20.7 Å². The van der Waals surface area contributed by atoms with Gasteiger partial charge in [0.05, 0.1) is 31.3 Å². The number of benzene rings is 1. The van der Waals surface area contributed by atoms with Crippen molar-refractivity contribution in [3.05, 3.63) is 40.2 Å². The predicted octanol–water partition coefficient (Wildman–Crippen LogP) is -0.143. The lowest BCUT2D eigenvalue weighted by Crippen LogP contribution is -2.39. The topological polar surface area (TPSA) is 184 Å². The van der Waals surface area contributed by atoms with Gasteiger partial charge in [-0.05, 0) is 12.1 Å². The molecule has 0 spiro atoms. The van der Waals surface area contributed by atoms with E-state index in [0.717, 1.165) is 6.33 Å². The number of nitrogens with one attached hydrogen (secondary N) is 3. The van der Waals surface area contributed by atoms with Crippen molar-refractivity contribution in [2.24, 2.45) is 0 Å². The number of hydrogen-bond acceptors (Lipinski definition) is 10. The maximum absolute atomic E-state index is 12.2. The first kappa shape index (κ1) is 20.2. The summed E-state index contributed by atoms with van der Waals surface area (Å²) >= 11 is 0. The van der Waals surface area contributed by atoms with Crippen molar-refractivity contribution >= 4 is 29.1 Å². The molecule has 1 aromatic heterocycles. The number of ether oxygens (including phenoxy) is 2. The molecule has 0 unspecified atom stereocenters. The average molecular weight is 391 g/mol. The summed E-state index contributed by atoms with van der Waals surface area (Å²) < 4.78 is 10.2. The number of methoxy groups -OCH3 is 2. The van der Waals surface area contributed by atoms with E-state index in [0.29, 0.717) is 5.75 Å². The van der Waals surface area contributed by atoms with Gasteiger partial charge in [0.25, 0.3) is 11.8 Å². The molecule has 0 saturated heterocycles. The van der Waals surface area contributed by atoms with Crippen molar-refractivity contribution in [3.8, 4) is 11.5 Å². The molecule has 0 aliphatic heterocycles. The third kappa shape index (κ3) is 4.72. The molecule has 2 rings (SSSR count). The number of amides is 2. The smallest absolute Gasteiger partial charge is 0.354 e. The summed E-state index contributed by atoms with van der Waals surface area (Å²) in [6, 6.07) is 4.57. The lowest BCUT2D eigenvalue weighted by molar-refractivity contribution is -0.383. The third-order valence-corrected chi connectivity index (χ3v) is 3.42. The molecular formula is C15H17N7O6. The number of nitrogens with zero attached hydrogens (tertiary/aromatic N) is 3. The number of carbonyl (C=O) groups excluding carboxylic acids is 2. The zero-order valence-corrected chi connectivity index (χ0v) is 14.9. The Labute approximate surface area is 158 Å². The van der Waals surface area contributed by atoms with Gasteiger partial charge in [-0.3, -0.25) is 30.6 Å². The molecule has 13 nitrogen and oxygen atoms in total. The molecule has 2 amide bonds. The minimum Gasteiger partial charge on any atom is -0.497 e. The van der Waals surface area contributed by atoms with E-state index in [4.69, 9.17) is 15.2 Å². The van der Waals surface area contributed by atoms with Gasteiger partial charge < -0.3 is 20.5 Å². The SMILES string of the molecule is COc1ccc(C(=O)NCC(=O)NNc2ncnc(N)c2[N+](=O)[O-])c(OC)c1. The fourth-order valence-electron chi connectivity index (χ4n) is 2.08. The van der Waals surface area contributed by atoms with Crippen LogP contribution in [0.25, 0.3) is 0 Å². The zero-order valence-electron chi connectivity index (χ0n) is 14.9. The number of rotatable bonds is 8. The summed E-state index contributed by atoms with van der Waals surface area (Å²) in [5, 5.41) is 13.4. The Hall–Kier alpha value is -4.16. The highest BCUT2D eigenvalue weighted by Crippen LogP contribution is 2.25. The highest BCUT2D eigenvalue weighted by molar-refractivity contribution is 5.99. The quantitative estimate of drug-likeness (QED) is 0.349. The van der Waals surface area contributed by atoms with Crippen molar-refractivity contribution < 1.29 is 24.0 Å². The first-order valence-corrected chi connectivity index (χ1v) is 7.67. The molecule has 1 aromatic carbocycles. The van der Waals surface area contributed by atoms with Crippen LogP contribution in [-0.2, 0) is 4.79 Å². The van der Waals surface area contributed by atoms with Crippen LogP contribution < -0.4 is 31.4 Å². The standard InChI is InChI=1S/C15H17N7O6/c1-27-8-3-4-9(10(5-8)28-2)15(24)17-6-11(23)20-21-14-12(22(25)26)13(16)18-7-19-14/h3-5,7H,6H2,1-2H3,(H,17,24)(H,20,23)(H3,16,18,19,21). The monoisotopic (exact) mass is 391 g/mol. The van der Waals surface area contributed by atoms with Crippen molar-refractivity contribution in [2.45, 2.75) is 0 Å². The fraction of sp³-hybridized carbons (Fsp3) is 0.200. The summed E-state index contributed by atoms with van der Waals surface area (Å²) in [5.74, 6) is -1.14. The molecule has 28 heavy (non-hydrogen) atoms. The molecule has 0 aliphatic rings. The van der Waals surface area contributed by atoms with Gasteiger partial charge in [0.15, 0.2) is 0 Å². The summed E-state index contributed by atoms with van der Waals surface area (Å²) in [6.45, 7) is -0.421. The second-order valence-corrected chi connectivity index (χ2v) is 5.14. The van der Waals surface area contributed by atoms with Crippen LogP contribution in [0.3, 0.4) is 0 Å². The fourth-order valence-corrected chi connectivity index (χ4v) is 2.08. The zero-order chi connectivity index (χ0) is 20.7. The number of nitrogens with two attached hydrogens (primary N) is 1. The largest absolute Gasteiger partial charge is 0.497 e. The summed E-state index contributed by atoms with van der Waals surface area (Å²) in [5.41, 5.74) is 9.47. The van der Waals surface area contributed by atoms with Gasteiger partial charge in [-0.1, -0.05) is 0 Å². The second kappa shape index (κ2) is 8.98. The second-order valence-electron chi connectivity index (χ2n) is 5.14. The summed E-state index contributed by atoms with van der Waals surface area (Å²) in [7, 11) is 2.87. The Bertz CT molecular complexity index is 904. The van der Waals surface area contributed by atoms with E-state index in [1.807, 2.05) is 0 Å². The minimum absolute atomic E-state index is 0.197. The van der Waals surface area contributed by atoms with Gasteiger partial charge in [0, 0.05) is 6.07 Å². The Morgan fingerprint density at radius 1 is 1.25 bits per heavy atom. The van der Waals surface area contributed by atoms with E-state index >= 15 is 0 Å². The van der Waals surface area contributed by atoms with Crippen molar-refractivity contribution in [2.75, 3.05) is 31.9 Å². The van der Waals surface area contributed by atoms with E-state index in [9.17, 15) is 19.7 Å². The van der Waals surface area contributed by atoms with E-state index in [1.165, 1.54) is 26.4 Å². The Morgan fingerprint density at radius 3 is 2.64 bits per heavy atom. The molecular weight excluding hydrogens is 374 g/mol. The number of aromatic nitrogens is 2. The highest BCUT2D eigenvalue weighted by Gasteiger charge is 2.21. The molecule has 0 fully saturated rings. The van der Waals surface area contributed by atoms with Gasteiger partial charge >= 0.3 is 5.69 Å². The first-order chi connectivity index (χ1) is 13.4. The van der Waals surface area contributed by atoms with Crippen LogP contribution in [-0.4, -0.2) is 47.5 Å². The number of hydrogen-bond donors (Lipinski definition) is 4. The molecule has 13 heteroatoms. The third-order valence-electron chi connectivity index (χ3n) is 3.42. The number of nitro groups is 1. The molecule has 0 bridgehead atoms. The van der Waals surface area contributed by atoms with Gasteiger partial charge in [0.2, 0.25) is 11.6 Å². The Kier molecular flexibility index (Phi) is 6.46. The molecule has 5 N–H and O–H groups in total. The van der Waals surface area contributed by atoms with E-state index in [1.54, 1.807) is 6.07 Å². The maximum Gasteiger partial charge on any atom is 0.354 e. The van der Waals surface area contributed by atoms with Crippen LogP contribution in [0, 0.1) is 10.1 Å². The molecule has 0 atom stereocenters. The molecule has 2 aromatic rings. The molecule has 1 heterocycles. The maximum atomic E-state index is 12.2. The van der Waals surface area contributed by atoms with Crippen LogP contribution in [0.4, 0.5) is 17.3 Å². The lowest BCUT2D eigenvalue weighted by atomic mass is 10.1. The Balaban J connectivity index is 1.96. The normalized spacial score (nSPS) is 9.93. The average Bonchev–Trinajstić information content (AvgIpc) is 2.69. The van der Waals surface area contributed by atoms with Crippen LogP contribution in [0.1, 0.15) is 10.4 Å².